The van der Waals surface area contributed by atoms with Gasteiger partial charge in [-0.15, -0.1) is 0 Å². The summed E-state index contributed by atoms with van der Waals surface area (Å²) in [5.41, 5.74) is 0. The Labute approximate surface area is 623 Å². The van der Waals surface area contributed by atoms with Gasteiger partial charge in [0.25, 0.3) is 0 Å². The second kappa shape index (κ2) is 76.2. The first kappa shape index (κ1) is 99.0. The quantitative estimate of drug-likeness (QED) is 0.0169. The molecule has 0 spiro atoms. The van der Waals surface area contributed by atoms with Crippen molar-refractivity contribution >= 4 is 39.5 Å². The zero-order valence-electron chi connectivity index (χ0n) is 65.6. The van der Waals surface area contributed by atoms with Crippen molar-refractivity contribution in [3.63, 3.8) is 0 Å². The Kier molecular flexibility index (Phi) is 74.0. The van der Waals surface area contributed by atoms with Crippen LogP contribution in [0.25, 0.3) is 0 Å². The van der Waals surface area contributed by atoms with Crippen LogP contribution in [0.3, 0.4) is 0 Å². The maximum absolute atomic E-state index is 13.1. The number of rotatable bonds is 80. The third-order valence-corrected chi connectivity index (χ3v) is 20.2. The van der Waals surface area contributed by atoms with Crippen LogP contribution in [0, 0.1) is 0 Å². The van der Waals surface area contributed by atoms with E-state index in [0.29, 0.717) is 32.1 Å². The topological polar surface area (TPSA) is 237 Å². The van der Waals surface area contributed by atoms with E-state index in [1.165, 1.54) is 225 Å². The molecular weight excluding hydrogens is 1330 g/mol. The molecule has 102 heavy (non-hydrogen) atoms. The first-order chi connectivity index (χ1) is 49.7. The van der Waals surface area contributed by atoms with Crippen LogP contribution in [0.15, 0.2) is 48.6 Å². The number of esters is 4. The molecule has 17 nitrogen and oxygen atoms in total. The minimum Gasteiger partial charge on any atom is -0.462 e. The largest absolute Gasteiger partial charge is 0.472 e. The van der Waals surface area contributed by atoms with Crippen LogP contribution >= 0.6 is 15.6 Å². The number of carbonyl (C=O) groups is 4. The predicted octanol–water partition coefficient (Wildman–Crippen LogP) is 24.5. The summed E-state index contributed by atoms with van der Waals surface area (Å²) < 4.78 is 68.7. The van der Waals surface area contributed by atoms with Crippen molar-refractivity contribution in [2.45, 2.75) is 418 Å². The number of hydrogen-bond acceptors (Lipinski definition) is 15. The van der Waals surface area contributed by atoms with Crippen LogP contribution < -0.4 is 0 Å². The van der Waals surface area contributed by atoms with E-state index >= 15 is 0 Å². The molecule has 598 valence electrons. The second-order valence-corrected chi connectivity index (χ2v) is 31.4. The van der Waals surface area contributed by atoms with Crippen molar-refractivity contribution in [2.24, 2.45) is 0 Å². The Bertz CT molecular complexity index is 2120. The molecule has 0 aliphatic carbocycles. The van der Waals surface area contributed by atoms with E-state index < -0.39 is 97.5 Å². The van der Waals surface area contributed by atoms with E-state index in [4.69, 9.17) is 37.0 Å². The number of allylic oxidation sites excluding steroid dienone is 8. The summed E-state index contributed by atoms with van der Waals surface area (Å²) in [5, 5.41) is 10.6. The average Bonchev–Trinajstić information content (AvgIpc) is 0.922. The Morgan fingerprint density at radius 3 is 0.775 bits per heavy atom. The van der Waals surface area contributed by atoms with Crippen molar-refractivity contribution in [3.8, 4) is 0 Å². The number of aliphatic hydroxyl groups excluding tert-OH is 1. The molecule has 0 amide bonds. The zero-order chi connectivity index (χ0) is 74.6. The number of hydrogen-bond donors (Lipinski definition) is 3. The monoisotopic (exact) mass is 1490 g/mol. The molecule has 0 saturated carbocycles. The number of phosphoric ester groups is 2. The van der Waals surface area contributed by atoms with Gasteiger partial charge in [0.15, 0.2) is 12.2 Å². The zero-order valence-corrected chi connectivity index (χ0v) is 67.3. The normalized spacial score (nSPS) is 14.1. The lowest BCUT2D eigenvalue weighted by Gasteiger charge is -2.21. The summed E-state index contributed by atoms with van der Waals surface area (Å²) >= 11 is 0. The van der Waals surface area contributed by atoms with E-state index in [-0.39, 0.29) is 25.7 Å². The van der Waals surface area contributed by atoms with Crippen molar-refractivity contribution < 1.29 is 80.2 Å². The van der Waals surface area contributed by atoms with Crippen LogP contribution in [0.4, 0.5) is 0 Å². The summed E-state index contributed by atoms with van der Waals surface area (Å²) in [6.07, 6.45) is 75.1. The van der Waals surface area contributed by atoms with E-state index in [9.17, 15) is 43.2 Å². The SMILES string of the molecule is CCCCC/C=C\C/C=C\C/C=C\C/C=C\CCCC(=O)O[C@H](COC(=O)CCCCCCCCCCCCCCC)COP(=O)(O)OC[C@@H](O)COP(=O)(O)OC[C@@H](COC(=O)CCCCCCCCCCCCCCCCCCC)OC(=O)CCCCCCCCCCCCCCCCC. The van der Waals surface area contributed by atoms with E-state index in [1.807, 2.05) is 12.2 Å². The second-order valence-electron chi connectivity index (χ2n) is 28.4. The molecule has 0 rings (SSSR count). The van der Waals surface area contributed by atoms with Crippen molar-refractivity contribution in [1.82, 2.24) is 0 Å². The van der Waals surface area contributed by atoms with Gasteiger partial charge in [-0.2, -0.15) is 0 Å². The summed E-state index contributed by atoms with van der Waals surface area (Å²) in [4.78, 5) is 73.1. The maximum Gasteiger partial charge on any atom is 0.472 e. The Balaban J connectivity index is 5.34. The summed E-state index contributed by atoms with van der Waals surface area (Å²) in [6.45, 7) is 4.90. The van der Waals surface area contributed by atoms with Gasteiger partial charge in [-0.1, -0.05) is 359 Å². The third-order valence-electron chi connectivity index (χ3n) is 18.3. The Hall–Kier alpha value is -2.98. The standard InChI is InChI=1S/C83H154O17P2/c1-5-9-13-17-21-25-29-33-36-38-41-44-48-52-56-60-64-68-81(86)94-74-79(99-82(87)69-65-61-57-53-49-45-40-35-31-27-23-19-15-11-7-3)76-98-102(91,92)96-72-77(84)71-95-101(89,90)97-75-78(73-93-80(85)67-63-59-55-51-47-43-32-28-24-20-16-12-8-4)100-83(88)70-66-62-58-54-50-46-42-39-37-34-30-26-22-18-14-10-6-2/h22,26,34,37,42,46,54,58,77-79,84H,5-21,23-25,27-33,35-36,38-41,43-45,47-53,55-57,59-76H2,1-4H3,(H,89,90)(H,91,92)/b26-22-,37-34-,46-42-,58-54-/t77-,78-,79-/m1/s1. The Morgan fingerprint density at radius 2 is 0.490 bits per heavy atom. The van der Waals surface area contributed by atoms with Gasteiger partial charge in [-0.05, 0) is 64.2 Å². The van der Waals surface area contributed by atoms with Gasteiger partial charge < -0.3 is 33.8 Å². The molecule has 0 aliphatic heterocycles. The van der Waals surface area contributed by atoms with Crippen LogP contribution in [0.1, 0.15) is 400 Å². The fourth-order valence-electron chi connectivity index (χ4n) is 11.9. The number of unbranched alkanes of at least 4 members (excludes halogenated alkanes) is 46. The van der Waals surface area contributed by atoms with E-state index in [2.05, 4.69) is 64.2 Å². The molecule has 0 saturated heterocycles. The number of carbonyl (C=O) groups excluding carboxylic acids is 4. The molecule has 5 atom stereocenters. The average molecular weight is 1490 g/mol. The fraction of sp³-hybridized carbons (Fsp3) is 0.855. The molecule has 3 N–H and O–H groups in total. The van der Waals surface area contributed by atoms with Crippen molar-refractivity contribution in [2.75, 3.05) is 39.6 Å². The fourth-order valence-corrected chi connectivity index (χ4v) is 13.5. The molecule has 0 bridgehead atoms. The lowest BCUT2D eigenvalue weighted by atomic mass is 10.0. The molecule has 0 radical (unpaired) electrons. The molecular formula is C83H154O17P2. The van der Waals surface area contributed by atoms with Gasteiger partial charge in [-0.25, -0.2) is 9.13 Å². The molecule has 0 aromatic carbocycles. The smallest absolute Gasteiger partial charge is 0.462 e. The van der Waals surface area contributed by atoms with Gasteiger partial charge >= 0.3 is 39.5 Å². The highest BCUT2D eigenvalue weighted by molar-refractivity contribution is 7.47. The van der Waals surface area contributed by atoms with Crippen molar-refractivity contribution in [1.29, 1.82) is 0 Å². The maximum atomic E-state index is 13.1. The molecule has 0 heterocycles. The highest BCUT2D eigenvalue weighted by Gasteiger charge is 2.30. The lowest BCUT2D eigenvalue weighted by Crippen LogP contribution is -2.30. The summed E-state index contributed by atoms with van der Waals surface area (Å²) in [5.74, 6) is -2.19. The van der Waals surface area contributed by atoms with Gasteiger partial charge in [0, 0.05) is 25.7 Å². The molecule has 0 aromatic heterocycles. The van der Waals surface area contributed by atoms with Gasteiger partial charge in [0.1, 0.15) is 19.3 Å². The number of aliphatic hydroxyl groups is 1. The minimum absolute atomic E-state index is 0.0256. The number of phosphoric acid groups is 2. The molecule has 0 aromatic rings. The van der Waals surface area contributed by atoms with Crippen molar-refractivity contribution in [3.05, 3.63) is 48.6 Å². The van der Waals surface area contributed by atoms with Gasteiger partial charge in [-0.3, -0.25) is 37.3 Å². The number of ether oxygens (including phenoxy) is 4. The molecule has 19 heteroatoms. The van der Waals surface area contributed by atoms with Crippen LogP contribution in [-0.4, -0.2) is 96.7 Å². The first-order valence-electron chi connectivity index (χ1n) is 41.9. The molecule has 0 aliphatic rings. The Morgan fingerprint density at radius 1 is 0.275 bits per heavy atom. The summed E-state index contributed by atoms with van der Waals surface area (Å²) in [6, 6.07) is 0. The van der Waals surface area contributed by atoms with Crippen LogP contribution in [-0.2, 0) is 65.4 Å². The molecule has 0 fully saturated rings. The highest BCUT2D eigenvalue weighted by atomic mass is 31.2. The highest BCUT2D eigenvalue weighted by Crippen LogP contribution is 2.45. The molecule has 2 unspecified atom stereocenters. The van der Waals surface area contributed by atoms with E-state index in [0.717, 1.165) is 89.9 Å². The first-order valence-corrected chi connectivity index (χ1v) is 44.9. The minimum atomic E-state index is -4.98. The van der Waals surface area contributed by atoms with Crippen LogP contribution in [0.2, 0.25) is 0 Å². The van der Waals surface area contributed by atoms with Gasteiger partial charge in [0.05, 0.1) is 26.4 Å². The summed E-state index contributed by atoms with van der Waals surface area (Å²) in [7, 11) is -9.95. The van der Waals surface area contributed by atoms with Crippen LogP contribution in [0.5, 0.6) is 0 Å². The third kappa shape index (κ3) is 75.3. The van der Waals surface area contributed by atoms with E-state index in [1.54, 1.807) is 0 Å². The predicted molar refractivity (Wildman–Crippen MR) is 418 cm³/mol. The lowest BCUT2D eigenvalue weighted by molar-refractivity contribution is -0.161. The van der Waals surface area contributed by atoms with Gasteiger partial charge in [0.2, 0.25) is 0 Å².